The van der Waals surface area contributed by atoms with Gasteiger partial charge in [0.25, 0.3) is 0 Å². The van der Waals surface area contributed by atoms with Crippen molar-refractivity contribution < 1.29 is 4.74 Å². The molecule has 0 atom stereocenters. The topological polar surface area (TPSA) is 33.3 Å². The molecule has 1 fully saturated rings. The normalized spacial score (nSPS) is 19.7. The SMILES string of the molecule is c1cc2c(cc1OC1CNC1)NCC2. The largest absolute Gasteiger partial charge is 0.488 e. The number of fused-ring (bicyclic) bond motifs is 1. The molecule has 2 N–H and O–H groups in total. The number of rotatable bonds is 2. The number of benzene rings is 1. The third-order valence-corrected chi connectivity index (χ3v) is 2.84. The molecule has 3 rings (SSSR count). The van der Waals surface area contributed by atoms with E-state index in [-0.39, 0.29) is 0 Å². The molecule has 2 aliphatic rings. The summed E-state index contributed by atoms with van der Waals surface area (Å²) in [6.07, 6.45) is 1.51. The van der Waals surface area contributed by atoms with E-state index in [9.17, 15) is 0 Å². The lowest BCUT2D eigenvalue weighted by Crippen LogP contribution is -2.50. The first kappa shape index (κ1) is 8.12. The molecular formula is C11H14N2O. The van der Waals surface area contributed by atoms with Gasteiger partial charge in [0, 0.05) is 31.4 Å². The molecule has 0 aromatic heterocycles. The molecule has 0 saturated carbocycles. The molecule has 2 aliphatic heterocycles. The van der Waals surface area contributed by atoms with E-state index in [2.05, 4.69) is 28.8 Å². The minimum absolute atomic E-state index is 0.370. The second-order valence-electron chi connectivity index (χ2n) is 3.89. The van der Waals surface area contributed by atoms with Crippen molar-refractivity contribution in [2.45, 2.75) is 12.5 Å². The zero-order valence-electron chi connectivity index (χ0n) is 8.05. The third-order valence-electron chi connectivity index (χ3n) is 2.84. The molecular weight excluding hydrogens is 176 g/mol. The highest BCUT2D eigenvalue weighted by Gasteiger charge is 2.19. The zero-order chi connectivity index (χ0) is 9.38. The van der Waals surface area contributed by atoms with Gasteiger partial charge in [0.2, 0.25) is 0 Å². The molecule has 0 unspecified atom stereocenters. The van der Waals surface area contributed by atoms with Crippen molar-refractivity contribution in [1.82, 2.24) is 5.32 Å². The minimum atomic E-state index is 0.370. The summed E-state index contributed by atoms with van der Waals surface area (Å²) in [5.74, 6) is 0.990. The van der Waals surface area contributed by atoms with E-state index in [1.807, 2.05) is 0 Å². The van der Waals surface area contributed by atoms with E-state index in [0.717, 1.165) is 31.8 Å². The molecule has 14 heavy (non-hydrogen) atoms. The van der Waals surface area contributed by atoms with E-state index < -0.39 is 0 Å². The first-order chi connectivity index (χ1) is 6.92. The molecule has 3 nitrogen and oxygen atoms in total. The number of nitrogens with one attached hydrogen (secondary N) is 2. The Kier molecular flexibility index (Phi) is 1.84. The predicted molar refractivity (Wildman–Crippen MR) is 55.9 cm³/mol. The van der Waals surface area contributed by atoms with Crippen LogP contribution in [0.15, 0.2) is 18.2 Å². The quantitative estimate of drug-likeness (QED) is 0.730. The standard InChI is InChI=1S/C11H14N2O/c1-2-9(14-10-6-12-7-10)5-11-8(1)3-4-13-11/h1-2,5,10,12-13H,3-4,6-7H2. The molecule has 0 aliphatic carbocycles. The van der Waals surface area contributed by atoms with Gasteiger partial charge in [0.05, 0.1) is 0 Å². The fourth-order valence-corrected chi connectivity index (χ4v) is 1.88. The van der Waals surface area contributed by atoms with Crippen LogP contribution in [-0.4, -0.2) is 25.7 Å². The lowest BCUT2D eigenvalue weighted by atomic mass is 10.1. The van der Waals surface area contributed by atoms with Crippen molar-refractivity contribution in [3.05, 3.63) is 23.8 Å². The summed E-state index contributed by atoms with van der Waals surface area (Å²) in [4.78, 5) is 0. The van der Waals surface area contributed by atoms with Crippen LogP contribution in [0.4, 0.5) is 5.69 Å². The molecule has 1 aromatic rings. The minimum Gasteiger partial charge on any atom is -0.488 e. The summed E-state index contributed by atoms with van der Waals surface area (Å²) in [5.41, 5.74) is 2.65. The highest BCUT2D eigenvalue weighted by Crippen LogP contribution is 2.27. The van der Waals surface area contributed by atoms with Gasteiger partial charge in [-0.15, -0.1) is 0 Å². The molecule has 0 spiro atoms. The van der Waals surface area contributed by atoms with Crippen LogP contribution in [0.25, 0.3) is 0 Å². The maximum atomic E-state index is 5.77. The monoisotopic (exact) mass is 190 g/mol. The predicted octanol–water partition coefficient (Wildman–Crippen LogP) is 1.01. The zero-order valence-corrected chi connectivity index (χ0v) is 8.05. The van der Waals surface area contributed by atoms with Gasteiger partial charge in [-0.1, -0.05) is 6.07 Å². The van der Waals surface area contributed by atoms with Gasteiger partial charge in [0.15, 0.2) is 0 Å². The highest BCUT2D eigenvalue weighted by atomic mass is 16.5. The second-order valence-corrected chi connectivity index (χ2v) is 3.89. The Bertz CT molecular complexity index is 347. The summed E-state index contributed by atoms with van der Waals surface area (Å²) in [5, 5.41) is 6.55. The van der Waals surface area contributed by atoms with E-state index in [4.69, 9.17) is 4.74 Å². The highest BCUT2D eigenvalue weighted by molar-refractivity contribution is 5.58. The summed E-state index contributed by atoms with van der Waals surface area (Å²) in [7, 11) is 0. The van der Waals surface area contributed by atoms with E-state index in [0.29, 0.717) is 6.10 Å². The Labute approximate surface area is 83.5 Å². The average Bonchev–Trinajstić information content (AvgIpc) is 2.58. The van der Waals surface area contributed by atoms with Crippen LogP contribution < -0.4 is 15.4 Å². The van der Waals surface area contributed by atoms with Gasteiger partial charge in [0.1, 0.15) is 11.9 Å². The molecule has 74 valence electrons. The smallest absolute Gasteiger partial charge is 0.123 e. The molecule has 1 saturated heterocycles. The first-order valence-corrected chi connectivity index (χ1v) is 5.16. The van der Waals surface area contributed by atoms with Crippen LogP contribution >= 0.6 is 0 Å². The molecule has 0 bridgehead atoms. The fraction of sp³-hybridized carbons (Fsp3) is 0.455. The summed E-state index contributed by atoms with van der Waals surface area (Å²) in [6, 6.07) is 6.35. The Balaban J connectivity index is 1.78. The Morgan fingerprint density at radius 3 is 3.00 bits per heavy atom. The van der Waals surface area contributed by atoms with Crippen molar-refractivity contribution in [3.63, 3.8) is 0 Å². The van der Waals surface area contributed by atoms with Gasteiger partial charge in [-0.2, -0.15) is 0 Å². The summed E-state index contributed by atoms with van der Waals surface area (Å²) in [6.45, 7) is 3.01. The van der Waals surface area contributed by atoms with Crippen LogP contribution in [0.5, 0.6) is 5.75 Å². The maximum absolute atomic E-state index is 5.77. The van der Waals surface area contributed by atoms with Gasteiger partial charge in [-0.25, -0.2) is 0 Å². The maximum Gasteiger partial charge on any atom is 0.123 e. The van der Waals surface area contributed by atoms with E-state index in [1.165, 1.54) is 11.3 Å². The van der Waals surface area contributed by atoms with Crippen molar-refractivity contribution >= 4 is 5.69 Å². The fourth-order valence-electron chi connectivity index (χ4n) is 1.88. The number of hydrogen-bond acceptors (Lipinski definition) is 3. The Morgan fingerprint density at radius 2 is 2.21 bits per heavy atom. The molecule has 0 amide bonds. The lowest BCUT2D eigenvalue weighted by molar-refractivity contribution is 0.142. The number of hydrogen-bond donors (Lipinski definition) is 2. The van der Waals surface area contributed by atoms with Gasteiger partial charge in [-0.3, -0.25) is 0 Å². The van der Waals surface area contributed by atoms with E-state index >= 15 is 0 Å². The first-order valence-electron chi connectivity index (χ1n) is 5.16. The van der Waals surface area contributed by atoms with Crippen molar-refractivity contribution in [2.75, 3.05) is 25.0 Å². The Hall–Kier alpha value is -1.22. The molecule has 2 heterocycles. The van der Waals surface area contributed by atoms with E-state index in [1.54, 1.807) is 0 Å². The number of anilines is 1. The summed E-state index contributed by atoms with van der Waals surface area (Å²) < 4.78 is 5.77. The van der Waals surface area contributed by atoms with Crippen LogP contribution in [-0.2, 0) is 6.42 Å². The van der Waals surface area contributed by atoms with Crippen molar-refractivity contribution in [2.24, 2.45) is 0 Å². The molecule has 3 heteroatoms. The van der Waals surface area contributed by atoms with Gasteiger partial charge >= 0.3 is 0 Å². The second kappa shape index (κ2) is 3.17. The lowest BCUT2D eigenvalue weighted by Gasteiger charge is -2.27. The number of ether oxygens (including phenoxy) is 1. The Morgan fingerprint density at radius 1 is 1.29 bits per heavy atom. The van der Waals surface area contributed by atoms with Gasteiger partial charge < -0.3 is 15.4 Å². The van der Waals surface area contributed by atoms with Crippen molar-refractivity contribution in [3.8, 4) is 5.75 Å². The summed E-state index contributed by atoms with van der Waals surface area (Å²) >= 11 is 0. The van der Waals surface area contributed by atoms with Crippen LogP contribution in [0.3, 0.4) is 0 Å². The molecule has 1 aromatic carbocycles. The van der Waals surface area contributed by atoms with Crippen LogP contribution in [0, 0.1) is 0 Å². The molecule has 0 radical (unpaired) electrons. The van der Waals surface area contributed by atoms with Crippen LogP contribution in [0.1, 0.15) is 5.56 Å². The third kappa shape index (κ3) is 1.34. The van der Waals surface area contributed by atoms with Gasteiger partial charge in [-0.05, 0) is 18.1 Å². The van der Waals surface area contributed by atoms with Crippen LogP contribution in [0.2, 0.25) is 0 Å². The van der Waals surface area contributed by atoms with Crippen molar-refractivity contribution in [1.29, 1.82) is 0 Å². The average molecular weight is 190 g/mol.